The zero-order chi connectivity index (χ0) is 34.2. The lowest BCUT2D eigenvalue weighted by Crippen LogP contribution is -2.53. The number of benzene rings is 3. The van der Waals surface area contributed by atoms with Gasteiger partial charge in [0.05, 0.1) is 24.2 Å². The van der Waals surface area contributed by atoms with Crippen molar-refractivity contribution >= 4 is 12.2 Å². The van der Waals surface area contributed by atoms with Crippen molar-refractivity contribution in [2.45, 2.75) is 96.1 Å². The van der Waals surface area contributed by atoms with Crippen molar-refractivity contribution in [3.05, 3.63) is 114 Å². The number of rotatable bonds is 13. The number of nitrogens with one attached hydrogen (secondary N) is 1. The third-order valence-corrected chi connectivity index (χ3v) is 8.19. The van der Waals surface area contributed by atoms with E-state index in [2.05, 4.69) is 44.8 Å². The van der Waals surface area contributed by atoms with Crippen LogP contribution in [0.15, 0.2) is 91.5 Å². The first-order valence-electron chi connectivity index (χ1n) is 16.3. The standard InChI is InChI=1S/C39H50N2O6/c1-8-22-45-32-19-12-16-29(23-32)24-33(40-35(43)47-38(5,6)7)34(42)26-41(36(44)46-27-28-14-10-9-11-15-28)39(20-21-39)31-18-13-17-30(25-31)37(2,3)4/h8-19,23,25,33-34,42H,1,20-22,24,26-27H2,2-7H3,(H,40,43)/t33-,34+/m0/s1. The Morgan fingerprint density at radius 1 is 0.957 bits per heavy atom. The molecular formula is C39H50N2O6. The molecule has 0 aliphatic heterocycles. The van der Waals surface area contributed by atoms with E-state index < -0.39 is 35.5 Å². The summed E-state index contributed by atoms with van der Waals surface area (Å²) in [6, 6.07) is 24.5. The summed E-state index contributed by atoms with van der Waals surface area (Å²) >= 11 is 0. The number of hydrogen-bond donors (Lipinski definition) is 2. The molecule has 4 rings (SSSR count). The summed E-state index contributed by atoms with van der Waals surface area (Å²) in [7, 11) is 0. The fraction of sp³-hybridized carbons (Fsp3) is 0.436. The van der Waals surface area contributed by atoms with Crippen LogP contribution in [0.3, 0.4) is 0 Å². The maximum absolute atomic E-state index is 14.0. The van der Waals surface area contributed by atoms with Gasteiger partial charge in [0.25, 0.3) is 0 Å². The van der Waals surface area contributed by atoms with Crippen LogP contribution < -0.4 is 10.1 Å². The van der Waals surface area contributed by atoms with Crippen LogP contribution in [0.2, 0.25) is 0 Å². The summed E-state index contributed by atoms with van der Waals surface area (Å²) < 4.78 is 17.2. The maximum atomic E-state index is 14.0. The Kier molecular flexibility index (Phi) is 11.4. The smallest absolute Gasteiger partial charge is 0.410 e. The van der Waals surface area contributed by atoms with Crippen molar-refractivity contribution in [2.24, 2.45) is 0 Å². The van der Waals surface area contributed by atoms with E-state index in [1.54, 1.807) is 31.7 Å². The summed E-state index contributed by atoms with van der Waals surface area (Å²) in [6.45, 7) is 15.9. The van der Waals surface area contributed by atoms with Crippen LogP contribution in [-0.2, 0) is 33.5 Å². The van der Waals surface area contributed by atoms with E-state index in [0.717, 1.165) is 35.1 Å². The third-order valence-electron chi connectivity index (χ3n) is 8.19. The van der Waals surface area contributed by atoms with Gasteiger partial charge in [0.15, 0.2) is 0 Å². The lowest BCUT2D eigenvalue weighted by Gasteiger charge is -2.36. The van der Waals surface area contributed by atoms with E-state index in [1.165, 1.54) is 0 Å². The Balaban J connectivity index is 1.65. The molecule has 0 radical (unpaired) electrons. The molecule has 1 aliphatic carbocycles. The largest absolute Gasteiger partial charge is 0.490 e. The summed E-state index contributed by atoms with van der Waals surface area (Å²) in [6.07, 6.45) is 1.04. The second-order valence-electron chi connectivity index (χ2n) is 14.3. The van der Waals surface area contributed by atoms with E-state index in [-0.39, 0.29) is 25.0 Å². The van der Waals surface area contributed by atoms with Gasteiger partial charge in [0.2, 0.25) is 0 Å². The van der Waals surface area contributed by atoms with Gasteiger partial charge in [-0.3, -0.25) is 4.90 Å². The second kappa shape index (κ2) is 15.1. The Morgan fingerprint density at radius 2 is 1.64 bits per heavy atom. The van der Waals surface area contributed by atoms with Gasteiger partial charge in [-0.05, 0) is 79.8 Å². The highest BCUT2D eigenvalue weighted by atomic mass is 16.6. The van der Waals surface area contributed by atoms with Crippen LogP contribution >= 0.6 is 0 Å². The summed E-state index contributed by atoms with van der Waals surface area (Å²) in [5.41, 5.74) is 2.39. The minimum Gasteiger partial charge on any atom is -0.490 e. The Labute approximate surface area is 279 Å². The zero-order valence-electron chi connectivity index (χ0n) is 28.6. The van der Waals surface area contributed by atoms with Gasteiger partial charge in [-0.15, -0.1) is 0 Å². The van der Waals surface area contributed by atoms with E-state index in [1.807, 2.05) is 66.7 Å². The number of ether oxygens (including phenoxy) is 3. The molecule has 8 nitrogen and oxygen atoms in total. The molecule has 8 heteroatoms. The number of alkyl carbamates (subject to hydrolysis) is 1. The first kappa shape index (κ1) is 35.6. The van der Waals surface area contributed by atoms with Gasteiger partial charge in [-0.2, -0.15) is 0 Å². The van der Waals surface area contributed by atoms with Gasteiger partial charge in [0, 0.05) is 0 Å². The van der Waals surface area contributed by atoms with Crippen LogP contribution in [-0.4, -0.2) is 53.1 Å². The highest BCUT2D eigenvalue weighted by Crippen LogP contribution is 2.52. The van der Waals surface area contributed by atoms with Crippen LogP contribution in [0.4, 0.5) is 9.59 Å². The van der Waals surface area contributed by atoms with Gasteiger partial charge in [-0.25, -0.2) is 9.59 Å². The molecule has 1 saturated carbocycles. The van der Waals surface area contributed by atoms with Crippen LogP contribution in [0, 0.1) is 0 Å². The molecule has 2 N–H and O–H groups in total. The Morgan fingerprint density at radius 3 is 2.28 bits per heavy atom. The minimum absolute atomic E-state index is 0.0690. The molecule has 0 unspecified atom stereocenters. The number of carbonyl (C=O) groups is 2. The minimum atomic E-state index is -1.16. The number of amides is 2. The average molecular weight is 643 g/mol. The number of carbonyl (C=O) groups excluding carboxylic acids is 2. The van der Waals surface area contributed by atoms with Crippen molar-refractivity contribution in [1.82, 2.24) is 10.2 Å². The van der Waals surface area contributed by atoms with Crippen LogP contribution in [0.5, 0.6) is 5.75 Å². The first-order valence-corrected chi connectivity index (χ1v) is 16.3. The van der Waals surface area contributed by atoms with Crippen molar-refractivity contribution in [1.29, 1.82) is 0 Å². The van der Waals surface area contributed by atoms with E-state index in [9.17, 15) is 14.7 Å². The van der Waals surface area contributed by atoms with Crippen LogP contribution in [0.1, 0.15) is 76.6 Å². The molecule has 3 aromatic carbocycles. The maximum Gasteiger partial charge on any atom is 0.410 e. The normalized spacial score (nSPS) is 15.1. The zero-order valence-corrected chi connectivity index (χ0v) is 28.6. The summed E-state index contributed by atoms with van der Waals surface area (Å²) in [5.74, 6) is 0.648. The summed E-state index contributed by atoms with van der Waals surface area (Å²) in [5, 5.41) is 14.8. The molecule has 1 aliphatic rings. The van der Waals surface area contributed by atoms with Crippen molar-refractivity contribution in [3.63, 3.8) is 0 Å². The molecule has 0 bridgehead atoms. The average Bonchev–Trinajstić information content (AvgIpc) is 3.82. The predicted octanol–water partition coefficient (Wildman–Crippen LogP) is 7.67. The van der Waals surface area contributed by atoms with Crippen molar-refractivity contribution in [3.8, 4) is 5.75 Å². The van der Waals surface area contributed by atoms with E-state index in [0.29, 0.717) is 12.4 Å². The van der Waals surface area contributed by atoms with Gasteiger partial charge in [-0.1, -0.05) is 100 Å². The van der Waals surface area contributed by atoms with Crippen molar-refractivity contribution < 1.29 is 28.9 Å². The summed E-state index contributed by atoms with van der Waals surface area (Å²) in [4.78, 5) is 28.7. The monoisotopic (exact) mass is 642 g/mol. The van der Waals surface area contributed by atoms with Gasteiger partial charge in [0.1, 0.15) is 24.6 Å². The topological polar surface area (TPSA) is 97.3 Å². The first-order chi connectivity index (χ1) is 22.2. The van der Waals surface area contributed by atoms with E-state index >= 15 is 0 Å². The number of aliphatic hydroxyl groups is 1. The number of aliphatic hydroxyl groups excluding tert-OH is 1. The van der Waals surface area contributed by atoms with E-state index in [4.69, 9.17) is 14.2 Å². The fourth-order valence-corrected chi connectivity index (χ4v) is 5.56. The van der Waals surface area contributed by atoms with Gasteiger partial charge >= 0.3 is 12.2 Å². The molecule has 3 aromatic rings. The number of nitrogens with zero attached hydrogens (tertiary/aromatic N) is 1. The molecule has 47 heavy (non-hydrogen) atoms. The molecule has 2 atom stereocenters. The Hall–Kier alpha value is -4.30. The van der Waals surface area contributed by atoms with Crippen LogP contribution in [0.25, 0.3) is 0 Å². The molecule has 0 spiro atoms. The fourth-order valence-electron chi connectivity index (χ4n) is 5.56. The Bertz CT molecular complexity index is 1500. The molecule has 2 amide bonds. The lowest BCUT2D eigenvalue weighted by molar-refractivity contribution is 0.0230. The number of hydrogen-bond acceptors (Lipinski definition) is 6. The molecule has 252 valence electrons. The molecule has 0 aromatic heterocycles. The predicted molar refractivity (Wildman–Crippen MR) is 184 cm³/mol. The van der Waals surface area contributed by atoms with Gasteiger partial charge < -0.3 is 24.6 Å². The lowest BCUT2D eigenvalue weighted by atomic mass is 9.85. The highest BCUT2D eigenvalue weighted by molar-refractivity contribution is 5.71. The molecule has 0 saturated heterocycles. The van der Waals surface area contributed by atoms with Crippen molar-refractivity contribution in [2.75, 3.05) is 13.2 Å². The molecule has 0 heterocycles. The second-order valence-corrected chi connectivity index (χ2v) is 14.3. The molecule has 1 fully saturated rings. The molecular weight excluding hydrogens is 592 g/mol. The third kappa shape index (κ3) is 10.1. The highest BCUT2D eigenvalue weighted by Gasteiger charge is 2.53. The SMILES string of the molecule is C=CCOc1cccc(C[C@H](NC(=O)OC(C)(C)C)[C@H](O)CN(C(=O)OCc2ccccc2)C2(c3cccc(C(C)(C)C)c3)CC2)c1. The quantitative estimate of drug-likeness (QED) is 0.186.